The Morgan fingerprint density at radius 3 is 3.00 bits per heavy atom. The fourth-order valence-corrected chi connectivity index (χ4v) is 2.63. The second kappa shape index (κ2) is 4.78. The number of fused-ring (bicyclic) bond motifs is 1. The van der Waals surface area contributed by atoms with Crippen LogP contribution >= 0.6 is 15.9 Å². The van der Waals surface area contributed by atoms with Gasteiger partial charge in [0.15, 0.2) is 0 Å². The van der Waals surface area contributed by atoms with E-state index in [0.717, 1.165) is 31.2 Å². The molecule has 2 heterocycles. The Balaban J connectivity index is 2.15. The van der Waals surface area contributed by atoms with Crippen molar-refractivity contribution in [3.05, 3.63) is 10.2 Å². The number of rotatable bonds is 3. The van der Waals surface area contributed by atoms with E-state index >= 15 is 0 Å². The predicted octanol–water partition coefficient (Wildman–Crippen LogP) is 3.30. The Labute approximate surface area is 106 Å². The fourth-order valence-electron chi connectivity index (χ4n) is 2.01. The zero-order valence-corrected chi connectivity index (χ0v) is 11.8. The molecule has 3 nitrogen and oxygen atoms in total. The van der Waals surface area contributed by atoms with Crippen molar-refractivity contribution in [3.8, 4) is 0 Å². The molecular weight excluding hydrogens is 266 g/mol. The van der Waals surface area contributed by atoms with Gasteiger partial charge in [-0.2, -0.15) is 5.10 Å². The van der Waals surface area contributed by atoms with Gasteiger partial charge in [-0.15, -0.1) is 0 Å². The van der Waals surface area contributed by atoms with Gasteiger partial charge in [-0.05, 0) is 40.6 Å². The van der Waals surface area contributed by atoms with Crippen LogP contribution in [0.4, 0.5) is 5.82 Å². The molecule has 4 heteroatoms. The lowest BCUT2D eigenvalue weighted by Crippen LogP contribution is -2.25. The van der Waals surface area contributed by atoms with Gasteiger partial charge in [-0.1, -0.05) is 20.8 Å². The van der Waals surface area contributed by atoms with E-state index in [2.05, 4.69) is 51.8 Å². The van der Waals surface area contributed by atoms with Gasteiger partial charge in [0.25, 0.3) is 0 Å². The van der Waals surface area contributed by atoms with Crippen LogP contribution in [0.1, 0.15) is 32.9 Å². The molecule has 0 bridgehead atoms. The number of hydrogen-bond donors (Lipinski definition) is 1. The maximum atomic E-state index is 4.68. The van der Waals surface area contributed by atoms with Crippen LogP contribution in [-0.4, -0.2) is 16.3 Å². The molecule has 1 aliphatic rings. The van der Waals surface area contributed by atoms with Gasteiger partial charge in [-0.25, -0.2) is 4.68 Å². The van der Waals surface area contributed by atoms with Crippen LogP contribution in [-0.2, 0) is 13.0 Å². The van der Waals surface area contributed by atoms with Gasteiger partial charge in [0.05, 0.1) is 10.2 Å². The summed E-state index contributed by atoms with van der Waals surface area (Å²) in [5.41, 5.74) is 1.20. The predicted molar refractivity (Wildman–Crippen MR) is 70.7 cm³/mol. The van der Waals surface area contributed by atoms with Crippen LogP contribution < -0.4 is 5.32 Å². The Morgan fingerprint density at radius 2 is 2.31 bits per heavy atom. The minimum absolute atomic E-state index is 0.664. The second-order valence-corrected chi connectivity index (χ2v) is 6.00. The Kier molecular flexibility index (Phi) is 3.57. The number of anilines is 1. The van der Waals surface area contributed by atoms with Crippen molar-refractivity contribution in [2.75, 3.05) is 11.9 Å². The molecule has 0 radical (unpaired) electrons. The summed E-state index contributed by atoms with van der Waals surface area (Å²) in [6, 6.07) is 0. The molecule has 0 spiro atoms. The van der Waals surface area contributed by atoms with Crippen LogP contribution in [0.25, 0.3) is 0 Å². The Hall–Kier alpha value is -0.510. The van der Waals surface area contributed by atoms with Crippen molar-refractivity contribution in [2.24, 2.45) is 11.8 Å². The molecule has 1 unspecified atom stereocenters. The molecular formula is C12H20BrN3. The molecule has 1 N–H and O–H groups in total. The summed E-state index contributed by atoms with van der Waals surface area (Å²) in [5, 5.41) is 8.12. The highest BCUT2D eigenvalue weighted by Gasteiger charge is 2.21. The quantitative estimate of drug-likeness (QED) is 0.924. The zero-order chi connectivity index (χ0) is 11.7. The first-order valence-corrected chi connectivity index (χ1v) is 6.86. The van der Waals surface area contributed by atoms with Gasteiger partial charge in [0.2, 0.25) is 0 Å². The van der Waals surface area contributed by atoms with Gasteiger partial charge in [-0.3, -0.25) is 0 Å². The van der Waals surface area contributed by atoms with Crippen LogP contribution in [0.15, 0.2) is 4.47 Å². The summed E-state index contributed by atoms with van der Waals surface area (Å²) in [7, 11) is 0. The number of halogens is 1. The van der Waals surface area contributed by atoms with Crippen molar-refractivity contribution in [3.63, 3.8) is 0 Å². The highest BCUT2D eigenvalue weighted by atomic mass is 79.9. The zero-order valence-electron chi connectivity index (χ0n) is 10.3. The van der Waals surface area contributed by atoms with E-state index in [1.54, 1.807) is 0 Å². The highest BCUT2D eigenvalue weighted by molar-refractivity contribution is 9.10. The van der Waals surface area contributed by atoms with Crippen LogP contribution in [0, 0.1) is 11.8 Å². The maximum Gasteiger partial charge on any atom is 0.139 e. The lowest BCUT2D eigenvalue weighted by Gasteiger charge is -2.21. The van der Waals surface area contributed by atoms with Crippen LogP contribution in [0.5, 0.6) is 0 Å². The van der Waals surface area contributed by atoms with E-state index in [9.17, 15) is 0 Å². The van der Waals surface area contributed by atoms with Crippen molar-refractivity contribution < 1.29 is 0 Å². The number of nitrogens with zero attached hydrogens (tertiary/aromatic N) is 2. The SMILES string of the molecule is CC(C)CCc1nn2c(c1Br)NCC(C)C2. The third-order valence-electron chi connectivity index (χ3n) is 3.02. The minimum Gasteiger partial charge on any atom is -0.369 e. The molecule has 1 atom stereocenters. The third-order valence-corrected chi connectivity index (χ3v) is 3.86. The van der Waals surface area contributed by atoms with Crippen molar-refractivity contribution in [1.29, 1.82) is 0 Å². The van der Waals surface area contributed by atoms with Crippen molar-refractivity contribution in [1.82, 2.24) is 9.78 Å². The minimum atomic E-state index is 0.664. The lowest BCUT2D eigenvalue weighted by molar-refractivity contribution is 0.441. The summed E-state index contributed by atoms with van der Waals surface area (Å²) in [6.07, 6.45) is 2.26. The first-order chi connectivity index (χ1) is 7.58. The molecule has 0 fully saturated rings. The Bertz CT molecular complexity index is 371. The first kappa shape index (κ1) is 12.0. The number of aromatic nitrogens is 2. The molecule has 1 aromatic heterocycles. The van der Waals surface area contributed by atoms with E-state index in [-0.39, 0.29) is 0 Å². The normalized spacial score (nSPS) is 19.7. The van der Waals surface area contributed by atoms with Gasteiger partial charge in [0.1, 0.15) is 5.82 Å². The first-order valence-electron chi connectivity index (χ1n) is 6.07. The molecule has 0 saturated heterocycles. The molecule has 1 aromatic rings. The smallest absolute Gasteiger partial charge is 0.139 e. The van der Waals surface area contributed by atoms with Crippen LogP contribution in [0.3, 0.4) is 0 Å². The van der Waals surface area contributed by atoms with E-state index < -0.39 is 0 Å². The lowest BCUT2D eigenvalue weighted by atomic mass is 10.1. The molecule has 0 aliphatic carbocycles. The average Bonchev–Trinajstić information content (AvgIpc) is 2.52. The standard InChI is InChI=1S/C12H20BrN3/c1-8(2)4-5-10-11(13)12-14-6-9(3)7-16(12)15-10/h8-9,14H,4-7H2,1-3H3. The van der Waals surface area contributed by atoms with Crippen LogP contribution in [0.2, 0.25) is 0 Å². The summed E-state index contributed by atoms with van der Waals surface area (Å²) < 4.78 is 3.27. The van der Waals surface area contributed by atoms with Gasteiger partial charge >= 0.3 is 0 Å². The number of hydrogen-bond acceptors (Lipinski definition) is 2. The van der Waals surface area contributed by atoms with Crippen molar-refractivity contribution >= 4 is 21.7 Å². The maximum absolute atomic E-state index is 4.68. The average molecular weight is 286 g/mol. The second-order valence-electron chi connectivity index (χ2n) is 5.21. The summed E-state index contributed by atoms with van der Waals surface area (Å²) in [5.74, 6) is 2.56. The van der Waals surface area contributed by atoms with E-state index in [4.69, 9.17) is 0 Å². The third kappa shape index (κ3) is 2.42. The molecule has 0 amide bonds. The summed E-state index contributed by atoms with van der Waals surface area (Å²) in [4.78, 5) is 0. The molecule has 2 rings (SSSR count). The van der Waals surface area contributed by atoms with E-state index in [1.165, 1.54) is 16.6 Å². The van der Waals surface area contributed by atoms with Crippen molar-refractivity contribution in [2.45, 2.75) is 40.2 Å². The topological polar surface area (TPSA) is 29.9 Å². The van der Waals surface area contributed by atoms with Gasteiger partial charge < -0.3 is 5.32 Å². The Morgan fingerprint density at radius 1 is 1.56 bits per heavy atom. The fraction of sp³-hybridized carbons (Fsp3) is 0.750. The molecule has 16 heavy (non-hydrogen) atoms. The molecule has 0 saturated carbocycles. The largest absolute Gasteiger partial charge is 0.369 e. The summed E-state index contributed by atoms with van der Waals surface area (Å²) in [6.45, 7) is 8.84. The molecule has 1 aliphatic heterocycles. The summed E-state index contributed by atoms with van der Waals surface area (Å²) >= 11 is 3.66. The molecule has 90 valence electrons. The molecule has 0 aromatic carbocycles. The number of nitrogens with one attached hydrogen (secondary N) is 1. The highest BCUT2D eigenvalue weighted by Crippen LogP contribution is 2.31. The monoisotopic (exact) mass is 285 g/mol. The number of aryl methyl sites for hydroxylation is 1. The van der Waals surface area contributed by atoms with E-state index in [0.29, 0.717) is 5.92 Å². The van der Waals surface area contributed by atoms with E-state index in [1.807, 2.05) is 0 Å². The van der Waals surface area contributed by atoms with Gasteiger partial charge in [0, 0.05) is 13.1 Å².